The summed E-state index contributed by atoms with van der Waals surface area (Å²) in [5.74, 6) is 0. The Labute approximate surface area is 68.0 Å². The minimum Gasteiger partial charge on any atom is -0.388 e. The summed E-state index contributed by atoms with van der Waals surface area (Å²) in [5.41, 5.74) is -0.212. The van der Waals surface area contributed by atoms with Crippen molar-refractivity contribution in [2.24, 2.45) is 5.41 Å². The van der Waals surface area contributed by atoms with Crippen LogP contribution in [-0.4, -0.2) is 23.8 Å². The van der Waals surface area contributed by atoms with Gasteiger partial charge < -0.3 is 10.4 Å². The van der Waals surface area contributed by atoms with Gasteiger partial charge in [-0.3, -0.25) is 0 Å². The van der Waals surface area contributed by atoms with Gasteiger partial charge in [-0.05, 0) is 12.8 Å². The SMILES string of the molecule is CC12CCCCC1(O)CNC2. The van der Waals surface area contributed by atoms with E-state index in [0.717, 1.165) is 19.5 Å². The second-order valence-corrected chi connectivity index (χ2v) is 4.40. The summed E-state index contributed by atoms with van der Waals surface area (Å²) in [6.45, 7) is 4.03. The van der Waals surface area contributed by atoms with Gasteiger partial charge in [0.15, 0.2) is 0 Å². The lowest BCUT2D eigenvalue weighted by molar-refractivity contribution is -0.0672. The van der Waals surface area contributed by atoms with Gasteiger partial charge in [0.1, 0.15) is 0 Å². The van der Waals surface area contributed by atoms with Gasteiger partial charge in [-0.25, -0.2) is 0 Å². The third-order valence-electron chi connectivity index (χ3n) is 3.62. The largest absolute Gasteiger partial charge is 0.388 e. The average molecular weight is 155 g/mol. The van der Waals surface area contributed by atoms with Crippen LogP contribution in [-0.2, 0) is 0 Å². The summed E-state index contributed by atoms with van der Waals surface area (Å²) in [7, 11) is 0. The first-order valence-electron chi connectivity index (χ1n) is 4.59. The van der Waals surface area contributed by atoms with Gasteiger partial charge in [-0.2, -0.15) is 0 Å². The Kier molecular flexibility index (Phi) is 1.52. The van der Waals surface area contributed by atoms with Crippen molar-refractivity contribution in [1.82, 2.24) is 5.32 Å². The molecule has 2 unspecified atom stereocenters. The molecule has 2 heteroatoms. The van der Waals surface area contributed by atoms with E-state index in [4.69, 9.17) is 0 Å². The molecule has 2 nitrogen and oxygen atoms in total. The minimum absolute atomic E-state index is 0.172. The highest BCUT2D eigenvalue weighted by Gasteiger charge is 2.51. The Bertz CT molecular complexity index is 153. The summed E-state index contributed by atoms with van der Waals surface area (Å²) in [6.07, 6.45) is 4.68. The quantitative estimate of drug-likeness (QED) is 0.545. The summed E-state index contributed by atoms with van der Waals surface area (Å²) in [5, 5.41) is 13.5. The Balaban J connectivity index is 2.24. The van der Waals surface area contributed by atoms with E-state index in [1.165, 1.54) is 19.3 Å². The maximum absolute atomic E-state index is 10.2. The standard InChI is InChI=1S/C9H17NO/c1-8-4-2-3-5-9(8,11)7-10-6-8/h10-11H,2-7H2,1H3. The molecule has 1 saturated carbocycles. The van der Waals surface area contributed by atoms with E-state index in [2.05, 4.69) is 12.2 Å². The number of hydrogen-bond acceptors (Lipinski definition) is 2. The van der Waals surface area contributed by atoms with Crippen molar-refractivity contribution in [2.45, 2.75) is 38.2 Å². The second kappa shape index (κ2) is 2.20. The van der Waals surface area contributed by atoms with Crippen molar-refractivity contribution in [3.8, 4) is 0 Å². The molecule has 2 atom stereocenters. The molecule has 1 saturated heterocycles. The van der Waals surface area contributed by atoms with Crippen LogP contribution in [0.15, 0.2) is 0 Å². The number of aliphatic hydroxyl groups is 1. The molecule has 0 aromatic heterocycles. The van der Waals surface area contributed by atoms with Crippen molar-refractivity contribution in [3.63, 3.8) is 0 Å². The molecule has 1 heterocycles. The molecule has 2 N–H and O–H groups in total. The highest BCUT2D eigenvalue weighted by molar-refractivity contribution is 5.06. The molecule has 64 valence electrons. The predicted octanol–water partition coefficient (Wildman–Crippen LogP) is 0.901. The lowest BCUT2D eigenvalue weighted by Crippen LogP contribution is -2.47. The topological polar surface area (TPSA) is 32.3 Å². The summed E-state index contributed by atoms with van der Waals surface area (Å²) >= 11 is 0. The molecule has 0 bridgehead atoms. The van der Waals surface area contributed by atoms with E-state index < -0.39 is 0 Å². The minimum atomic E-state index is -0.384. The molecular weight excluding hydrogens is 138 g/mol. The van der Waals surface area contributed by atoms with Crippen LogP contribution < -0.4 is 5.32 Å². The Morgan fingerprint density at radius 2 is 1.91 bits per heavy atom. The highest BCUT2D eigenvalue weighted by Crippen LogP contribution is 2.46. The number of β-amino-alcohol motifs (C(OH)–C–C–N with tert-alkyl or cyclic N) is 1. The van der Waals surface area contributed by atoms with Crippen molar-refractivity contribution >= 4 is 0 Å². The molecule has 0 amide bonds. The van der Waals surface area contributed by atoms with Crippen molar-refractivity contribution in [2.75, 3.05) is 13.1 Å². The fourth-order valence-corrected chi connectivity index (χ4v) is 2.57. The molecule has 2 aliphatic rings. The van der Waals surface area contributed by atoms with Gasteiger partial charge in [0.2, 0.25) is 0 Å². The Morgan fingerprint density at radius 3 is 2.64 bits per heavy atom. The van der Waals surface area contributed by atoms with Crippen LogP contribution in [0.25, 0.3) is 0 Å². The molecule has 0 radical (unpaired) electrons. The van der Waals surface area contributed by atoms with Crippen LogP contribution in [0, 0.1) is 5.41 Å². The maximum Gasteiger partial charge on any atom is 0.0836 e. The Hall–Kier alpha value is -0.0800. The zero-order valence-corrected chi connectivity index (χ0v) is 7.19. The van der Waals surface area contributed by atoms with E-state index in [-0.39, 0.29) is 11.0 Å². The van der Waals surface area contributed by atoms with Gasteiger partial charge >= 0.3 is 0 Å². The normalized spacial score (nSPS) is 50.7. The lowest BCUT2D eigenvalue weighted by atomic mass is 9.66. The summed E-state index contributed by atoms with van der Waals surface area (Å²) < 4.78 is 0. The van der Waals surface area contributed by atoms with Crippen LogP contribution in [0.1, 0.15) is 32.6 Å². The van der Waals surface area contributed by atoms with E-state index in [1.54, 1.807) is 0 Å². The van der Waals surface area contributed by atoms with E-state index in [0.29, 0.717) is 0 Å². The molecule has 0 aromatic rings. The fraction of sp³-hybridized carbons (Fsp3) is 1.00. The lowest BCUT2D eigenvalue weighted by Gasteiger charge is -2.42. The van der Waals surface area contributed by atoms with Gasteiger partial charge in [0.25, 0.3) is 0 Å². The van der Waals surface area contributed by atoms with Gasteiger partial charge in [-0.1, -0.05) is 19.8 Å². The average Bonchev–Trinajstić information content (AvgIpc) is 2.25. The highest BCUT2D eigenvalue weighted by atomic mass is 16.3. The van der Waals surface area contributed by atoms with Crippen LogP contribution in [0.4, 0.5) is 0 Å². The van der Waals surface area contributed by atoms with Crippen LogP contribution in [0.5, 0.6) is 0 Å². The van der Waals surface area contributed by atoms with Crippen molar-refractivity contribution in [1.29, 1.82) is 0 Å². The Morgan fingerprint density at radius 1 is 1.18 bits per heavy atom. The van der Waals surface area contributed by atoms with Gasteiger partial charge in [0.05, 0.1) is 5.60 Å². The first-order chi connectivity index (χ1) is 5.16. The zero-order chi connectivity index (χ0) is 7.95. The number of fused-ring (bicyclic) bond motifs is 1. The first kappa shape index (κ1) is 7.56. The number of rotatable bonds is 0. The van der Waals surface area contributed by atoms with Gasteiger partial charge in [0, 0.05) is 18.5 Å². The molecular formula is C9H17NO. The van der Waals surface area contributed by atoms with Crippen molar-refractivity contribution in [3.05, 3.63) is 0 Å². The number of hydrogen-bond donors (Lipinski definition) is 2. The molecule has 1 aliphatic heterocycles. The van der Waals surface area contributed by atoms with E-state index >= 15 is 0 Å². The first-order valence-corrected chi connectivity index (χ1v) is 4.59. The molecule has 11 heavy (non-hydrogen) atoms. The summed E-state index contributed by atoms with van der Waals surface area (Å²) in [6, 6.07) is 0. The maximum atomic E-state index is 10.2. The third-order valence-corrected chi connectivity index (χ3v) is 3.62. The predicted molar refractivity (Wildman–Crippen MR) is 44.4 cm³/mol. The summed E-state index contributed by atoms with van der Waals surface area (Å²) in [4.78, 5) is 0. The van der Waals surface area contributed by atoms with E-state index in [1.807, 2.05) is 0 Å². The second-order valence-electron chi connectivity index (χ2n) is 4.40. The fourth-order valence-electron chi connectivity index (χ4n) is 2.57. The van der Waals surface area contributed by atoms with Gasteiger partial charge in [-0.15, -0.1) is 0 Å². The zero-order valence-electron chi connectivity index (χ0n) is 7.19. The monoisotopic (exact) mass is 155 g/mol. The van der Waals surface area contributed by atoms with Crippen LogP contribution >= 0.6 is 0 Å². The molecule has 2 rings (SSSR count). The van der Waals surface area contributed by atoms with E-state index in [9.17, 15) is 5.11 Å². The molecule has 0 spiro atoms. The molecule has 2 fully saturated rings. The number of nitrogens with one attached hydrogen (secondary N) is 1. The molecule has 1 aliphatic carbocycles. The smallest absolute Gasteiger partial charge is 0.0836 e. The third kappa shape index (κ3) is 0.926. The molecule has 0 aromatic carbocycles. The van der Waals surface area contributed by atoms with Crippen molar-refractivity contribution < 1.29 is 5.11 Å². The van der Waals surface area contributed by atoms with Crippen LogP contribution in [0.3, 0.4) is 0 Å². The van der Waals surface area contributed by atoms with Crippen LogP contribution in [0.2, 0.25) is 0 Å².